The van der Waals surface area contributed by atoms with Crippen molar-refractivity contribution in [3.8, 4) is 11.3 Å². The zero-order chi connectivity index (χ0) is 23.4. The zero-order valence-corrected chi connectivity index (χ0v) is 19.9. The Morgan fingerprint density at radius 3 is 2.12 bits per heavy atom. The molecule has 4 rings (SSSR count). The maximum absolute atomic E-state index is 13.9. The van der Waals surface area contributed by atoms with Crippen molar-refractivity contribution in [2.75, 3.05) is 21.1 Å². The molecule has 4 aromatic rings. The van der Waals surface area contributed by atoms with Gasteiger partial charge in [0, 0.05) is 16.5 Å². The van der Waals surface area contributed by atoms with Crippen LogP contribution in [0.25, 0.3) is 22.2 Å². The molecule has 0 aliphatic rings. The normalized spacial score (nSPS) is 12.5. The second kappa shape index (κ2) is 9.55. The van der Waals surface area contributed by atoms with Crippen LogP contribution in [-0.2, 0) is 6.54 Å². The monoisotopic (exact) mass is 438 g/mol. The van der Waals surface area contributed by atoms with E-state index in [9.17, 15) is 4.79 Å². The maximum Gasteiger partial charge on any atom is 0.253 e. The van der Waals surface area contributed by atoms with E-state index in [1.165, 1.54) is 0 Å². The van der Waals surface area contributed by atoms with Gasteiger partial charge in [0.1, 0.15) is 6.54 Å². The number of carbonyl (C=O) groups excluding carboxylic acids is 1. The van der Waals surface area contributed by atoms with Crippen LogP contribution in [0.2, 0.25) is 0 Å². The molecule has 0 bridgehead atoms. The fourth-order valence-electron chi connectivity index (χ4n) is 4.31. The average Bonchev–Trinajstić information content (AvgIpc) is 2.82. The smallest absolute Gasteiger partial charge is 0.253 e. The first kappa shape index (κ1) is 22.7. The van der Waals surface area contributed by atoms with Gasteiger partial charge in [-0.3, -0.25) is 4.79 Å². The van der Waals surface area contributed by atoms with Gasteiger partial charge >= 0.3 is 0 Å². The van der Waals surface area contributed by atoms with Crippen molar-refractivity contribution >= 4 is 16.8 Å². The summed E-state index contributed by atoms with van der Waals surface area (Å²) >= 11 is 0. The van der Waals surface area contributed by atoms with E-state index in [2.05, 4.69) is 57.6 Å². The molecule has 168 valence electrons. The van der Waals surface area contributed by atoms with Crippen molar-refractivity contribution in [3.63, 3.8) is 0 Å². The van der Waals surface area contributed by atoms with Gasteiger partial charge in [-0.05, 0) is 18.1 Å². The molecule has 1 atom stereocenters. The first-order valence-electron chi connectivity index (χ1n) is 11.5. The van der Waals surface area contributed by atoms with Crippen LogP contribution < -0.4 is 5.32 Å². The lowest BCUT2D eigenvalue weighted by Gasteiger charge is -2.27. The molecular formula is C29H32N3O+. The summed E-state index contributed by atoms with van der Waals surface area (Å²) < 4.78 is 0.691. The molecule has 0 aliphatic heterocycles. The number of quaternary nitrogens is 1. The van der Waals surface area contributed by atoms with Crippen LogP contribution in [0.5, 0.6) is 0 Å². The van der Waals surface area contributed by atoms with E-state index >= 15 is 0 Å². The van der Waals surface area contributed by atoms with E-state index in [1.807, 2.05) is 60.7 Å². The molecule has 4 heteroatoms. The number of nitrogens with zero attached hydrogens (tertiary/aromatic N) is 2. The third kappa shape index (κ3) is 5.12. The Morgan fingerprint density at radius 1 is 0.879 bits per heavy atom. The van der Waals surface area contributed by atoms with Crippen molar-refractivity contribution in [2.24, 2.45) is 0 Å². The predicted molar refractivity (Wildman–Crippen MR) is 136 cm³/mol. The molecule has 0 fully saturated rings. The molecule has 1 aromatic heterocycles. The largest absolute Gasteiger partial charge is 0.345 e. The van der Waals surface area contributed by atoms with Gasteiger partial charge in [0.2, 0.25) is 0 Å². The summed E-state index contributed by atoms with van der Waals surface area (Å²) in [7, 11) is 6.43. The molecule has 1 heterocycles. The summed E-state index contributed by atoms with van der Waals surface area (Å²) in [5, 5.41) is 4.21. The van der Waals surface area contributed by atoms with E-state index in [1.54, 1.807) is 0 Å². The minimum atomic E-state index is -0.0530. The average molecular weight is 439 g/mol. The molecule has 0 aliphatic carbocycles. The molecule has 0 spiro atoms. The molecule has 4 nitrogen and oxygen atoms in total. The number of fused-ring (bicyclic) bond motifs is 1. The quantitative estimate of drug-likeness (QED) is 0.360. The third-order valence-electron chi connectivity index (χ3n) is 5.82. The van der Waals surface area contributed by atoms with Crippen LogP contribution in [0, 0.1) is 0 Å². The molecule has 3 aromatic carbocycles. The SMILES string of the molecule is CC[C@H](NC(=O)c1c(C[N+](C)(C)C)c(-c2ccccc2)nc2ccccc12)c1ccccc1. The van der Waals surface area contributed by atoms with Crippen molar-refractivity contribution in [1.29, 1.82) is 0 Å². The first-order valence-corrected chi connectivity index (χ1v) is 11.5. The summed E-state index contributed by atoms with van der Waals surface area (Å²) in [6.07, 6.45) is 0.814. The van der Waals surface area contributed by atoms with Gasteiger partial charge < -0.3 is 9.80 Å². The lowest BCUT2D eigenvalue weighted by Crippen LogP contribution is -2.36. The fraction of sp³-hybridized carbons (Fsp3) is 0.241. The summed E-state index contributed by atoms with van der Waals surface area (Å²) in [6, 6.07) is 28.2. The predicted octanol–water partition coefficient (Wildman–Crippen LogP) is 5.99. The lowest BCUT2D eigenvalue weighted by atomic mass is 9.94. The van der Waals surface area contributed by atoms with Gasteiger partial charge in [0.25, 0.3) is 5.91 Å². The van der Waals surface area contributed by atoms with Gasteiger partial charge in [0.05, 0.1) is 44.0 Å². The number of hydrogen-bond acceptors (Lipinski definition) is 2. The topological polar surface area (TPSA) is 42.0 Å². The number of para-hydroxylation sites is 1. The van der Waals surface area contributed by atoms with Gasteiger partial charge in [-0.25, -0.2) is 4.98 Å². The van der Waals surface area contributed by atoms with E-state index in [0.29, 0.717) is 11.0 Å². The van der Waals surface area contributed by atoms with Gasteiger partial charge in [-0.2, -0.15) is 0 Å². The number of carbonyl (C=O) groups is 1. The van der Waals surface area contributed by atoms with Crippen LogP contribution in [0.4, 0.5) is 0 Å². The van der Waals surface area contributed by atoms with Crippen molar-refractivity contribution in [1.82, 2.24) is 10.3 Å². The highest BCUT2D eigenvalue weighted by atomic mass is 16.1. The Kier molecular flexibility index (Phi) is 6.57. The van der Waals surface area contributed by atoms with E-state index in [-0.39, 0.29) is 11.9 Å². The summed E-state index contributed by atoms with van der Waals surface area (Å²) in [4.78, 5) is 19.0. The van der Waals surface area contributed by atoms with Crippen molar-refractivity contribution in [2.45, 2.75) is 25.9 Å². The molecule has 0 saturated heterocycles. The molecule has 33 heavy (non-hydrogen) atoms. The number of amides is 1. The van der Waals surface area contributed by atoms with Crippen LogP contribution >= 0.6 is 0 Å². The number of benzene rings is 3. The Hall–Kier alpha value is -3.50. The van der Waals surface area contributed by atoms with Crippen LogP contribution in [0.3, 0.4) is 0 Å². The fourth-order valence-corrected chi connectivity index (χ4v) is 4.31. The van der Waals surface area contributed by atoms with E-state index in [4.69, 9.17) is 4.98 Å². The van der Waals surface area contributed by atoms with Crippen LogP contribution in [-0.4, -0.2) is 36.5 Å². The minimum Gasteiger partial charge on any atom is -0.345 e. The Balaban J connectivity index is 1.91. The van der Waals surface area contributed by atoms with Gasteiger partial charge in [0.15, 0.2) is 0 Å². The number of hydrogen-bond donors (Lipinski definition) is 1. The highest BCUT2D eigenvalue weighted by Crippen LogP contribution is 2.32. The van der Waals surface area contributed by atoms with Crippen molar-refractivity contribution in [3.05, 3.63) is 102 Å². The minimum absolute atomic E-state index is 0.0510. The molecule has 0 unspecified atom stereocenters. The molecule has 1 amide bonds. The second-order valence-electron chi connectivity index (χ2n) is 9.49. The number of pyridine rings is 1. The first-order chi connectivity index (χ1) is 15.9. The summed E-state index contributed by atoms with van der Waals surface area (Å²) in [5.41, 5.74) is 5.55. The Labute approximate surface area is 196 Å². The maximum atomic E-state index is 13.9. The summed E-state index contributed by atoms with van der Waals surface area (Å²) in [6.45, 7) is 2.79. The Bertz CT molecular complexity index is 1240. The molecule has 1 N–H and O–H groups in total. The third-order valence-corrected chi connectivity index (χ3v) is 5.82. The molecule has 0 saturated carbocycles. The van der Waals surface area contributed by atoms with Gasteiger partial charge in [-0.15, -0.1) is 0 Å². The Morgan fingerprint density at radius 2 is 1.48 bits per heavy atom. The van der Waals surface area contributed by atoms with Crippen LogP contribution in [0.15, 0.2) is 84.9 Å². The van der Waals surface area contributed by atoms with Crippen LogP contribution in [0.1, 0.15) is 40.9 Å². The second-order valence-corrected chi connectivity index (χ2v) is 9.49. The van der Waals surface area contributed by atoms with E-state index in [0.717, 1.165) is 45.3 Å². The number of nitrogens with one attached hydrogen (secondary N) is 1. The lowest BCUT2D eigenvalue weighted by molar-refractivity contribution is -0.883. The number of rotatable bonds is 7. The van der Waals surface area contributed by atoms with E-state index < -0.39 is 0 Å². The number of aromatic nitrogens is 1. The molecule has 0 radical (unpaired) electrons. The zero-order valence-electron chi connectivity index (χ0n) is 19.9. The summed E-state index contributed by atoms with van der Waals surface area (Å²) in [5.74, 6) is -0.0510. The van der Waals surface area contributed by atoms with Gasteiger partial charge in [-0.1, -0.05) is 85.8 Å². The highest BCUT2D eigenvalue weighted by molar-refractivity contribution is 6.09. The highest BCUT2D eigenvalue weighted by Gasteiger charge is 2.26. The van der Waals surface area contributed by atoms with Crippen molar-refractivity contribution < 1.29 is 9.28 Å². The molecular weight excluding hydrogens is 406 g/mol. The standard InChI is InChI=1S/C29H31N3O/c1-5-25(21-14-8-6-9-15-21)31-29(33)27-23-18-12-13-19-26(23)30-28(22-16-10-7-11-17-22)24(27)20-32(2,3)4/h6-19,25H,5,20H2,1-4H3/p+1/t25-/m0/s1.